The van der Waals surface area contributed by atoms with Crippen molar-refractivity contribution in [3.8, 4) is 0 Å². The first-order chi connectivity index (χ1) is 11.0. The van der Waals surface area contributed by atoms with Crippen molar-refractivity contribution in [1.29, 1.82) is 0 Å². The van der Waals surface area contributed by atoms with Gasteiger partial charge in [-0.05, 0) is 37.5 Å². The first kappa shape index (κ1) is 18.1. The van der Waals surface area contributed by atoms with Gasteiger partial charge in [-0.1, -0.05) is 49.8 Å². The lowest BCUT2D eigenvalue weighted by atomic mass is 9.85. The summed E-state index contributed by atoms with van der Waals surface area (Å²) in [5.74, 6) is 0.570. The summed E-state index contributed by atoms with van der Waals surface area (Å²) in [4.78, 5) is 12.2. The molecule has 0 saturated heterocycles. The van der Waals surface area contributed by atoms with E-state index in [-0.39, 0.29) is 11.9 Å². The molecule has 5 heteroatoms. The van der Waals surface area contributed by atoms with E-state index in [0.717, 1.165) is 12.1 Å². The van der Waals surface area contributed by atoms with Crippen molar-refractivity contribution in [3.05, 3.63) is 29.3 Å². The molecule has 1 aliphatic rings. The van der Waals surface area contributed by atoms with Gasteiger partial charge in [-0.25, -0.2) is 0 Å². The number of carbonyl (C=O) groups excluding carboxylic acids is 1. The summed E-state index contributed by atoms with van der Waals surface area (Å²) in [6, 6.07) is 7.17. The molecule has 1 saturated carbocycles. The Morgan fingerprint density at radius 3 is 2.78 bits per heavy atom. The Morgan fingerprint density at radius 1 is 1.35 bits per heavy atom. The number of nitrogens with two attached hydrogens (primary N) is 1. The normalized spacial score (nSPS) is 18.2. The van der Waals surface area contributed by atoms with Crippen molar-refractivity contribution in [2.45, 2.75) is 57.5 Å². The zero-order chi connectivity index (χ0) is 16.7. The molecule has 2 rings (SSSR count). The second kappa shape index (κ2) is 9.14. The molecule has 4 N–H and O–H groups in total. The summed E-state index contributed by atoms with van der Waals surface area (Å²) >= 11 is 5.95. The molecule has 0 bridgehead atoms. The molecule has 23 heavy (non-hydrogen) atoms. The summed E-state index contributed by atoms with van der Waals surface area (Å²) in [6.07, 6.45) is 7.11. The Labute approximate surface area is 144 Å². The van der Waals surface area contributed by atoms with Crippen LogP contribution in [0.1, 0.15) is 45.4 Å². The summed E-state index contributed by atoms with van der Waals surface area (Å²) < 4.78 is 0. The molecule has 1 amide bonds. The van der Waals surface area contributed by atoms with Crippen LogP contribution in [0, 0.1) is 5.92 Å². The van der Waals surface area contributed by atoms with Crippen molar-refractivity contribution in [2.24, 2.45) is 11.7 Å². The Morgan fingerprint density at radius 2 is 2.09 bits per heavy atom. The maximum Gasteiger partial charge on any atom is 0.237 e. The molecule has 0 aromatic heterocycles. The minimum Gasteiger partial charge on any atom is -0.383 e. The van der Waals surface area contributed by atoms with Crippen LogP contribution in [0.3, 0.4) is 0 Å². The van der Waals surface area contributed by atoms with Crippen molar-refractivity contribution in [3.63, 3.8) is 0 Å². The number of hydrogen-bond acceptors (Lipinski definition) is 3. The monoisotopic (exact) mass is 337 g/mol. The lowest BCUT2D eigenvalue weighted by Crippen LogP contribution is -2.47. The van der Waals surface area contributed by atoms with Crippen molar-refractivity contribution in [1.82, 2.24) is 5.32 Å². The second-order valence-corrected chi connectivity index (χ2v) is 7.08. The van der Waals surface area contributed by atoms with Crippen molar-refractivity contribution in [2.75, 3.05) is 11.9 Å². The first-order valence-corrected chi connectivity index (χ1v) is 8.98. The summed E-state index contributed by atoms with van der Waals surface area (Å²) in [5, 5.41) is 6.96. The largest absolute Gasteiger partial charge is 0.383 e. The van der Waals surface area contributed by atoms with Gasteiger partial charge in [-0.15, -0.1) is 0 Å². The highest BCUT2D eigenvalue weighted by molar-refractivity contribution is 6.30. The van der Waals surface area contributed by atoms with Crippen LogP contribution in [0.4, 0.5) is 5.69 Å². The van der Waals surface area contributed by atoms with Crippen LogP contribution < -0.4 is 16.4 Å². The standard InChI is InChI=1S/C18H28ClN3O/c1-13(12-21-16-9-5-8-15(19)11-16)22-18(23)17(20)10-14-6-3-2-4-7-14/h5,8-9,11,13-14,17,21H,2-4,6-7,10,12,20H2,1H3,(H,22,23)/t13-,17-/m0/s1. The van der Waals surface area contributed by atoms with Gasteiger partial charge in [0.05, 0.1) is 6.04 Å². The molecule has 1 aliphatic carbocycles. The van der Waals surface area contributed by atoms with Crippen molar-refractivity contribution < 1.29 is 4.79 Å². The number of anilines is 1. The number of nitrogens with one attached hydrogen (secondary N) is 2. The van der Waals surface area contributed by atoms with Gasteiger partial charge in [-0.2, -0.15) is 0 Å². The van der Waals surface area contributed by atoms with Gasteiger partial charge < -0.3 is 16.4 Å². The third kappa shape index (κ3) is 6.40. The second-order valence-electron chi connectivity index (χ2n) is 6.65. The summed E-state index contributed by atoms with van der Waals surface area (Å²) in [7, 11) is 0. The predicted octanol–water partition coefficient (Wildman–Crippen LogP) is 3.55. The van der Waals surface area contributed by atoms with E-state index in [1.54, 1.807) is 0 Å². The van der Waals surface area contributed by atoms with Gasteiger partial charge in [0.2, 0.25) is 5.91 Å². The van der Waals surface area contributed by atoms with Gasteiger partial charge in [0.15, 0.2) is 0 Å². The SMILES string of the molecule is C[C@@H](CNc1cccc(Cl)c1)NC(=O)[C@@H](N)CC1CCCCC1. The van der Waals surface area contributed by atoms with Crippen LogP contribution in [0.25, 0.3) is 0 Å². The van der Waals surface area contributed by atoms with Crippen molar-refractivity contribution >= 4 is 23.2 Å². The average molecular weight is 338 g/mol. The highest BCUT2D eigenvalue weighted by Gasteiger charge is 2.22. The highest BCUT2D eigenvalue weighted by atomic mass is 35.5. The zero-order valence-corrected chi connectivity index (χ0v) is 14.6. The fraction of sp³-hybridized carbons (Fsp3) is 0.611. The van der Waals surface area contributed by atoms with Crippen LogP contribution in [-0.4, -0.2) is 24.5 Å². The molecule has 4 nitrogen and oxygen atoms in total. The third-order valence-electron chi connectivity index (χ3n) is 4.47. The Bertz CT molecular complexity index is 503. The molecule has 1 aromatic rings. The minimum atomic E-state index is -0.397. The van der Waals surface area contributed by atoms with E-state index in [0.29, 0.717) is 17.5 Å². The van der Waals surface area contributed by atoms with E-state index in [9.17, 15) is 4.79 Å². The quantitative estimate of drug-likeness (QED) is 0.712. The van der Waals surface area contributed by atoms with Crippen LogP contribution in [-0.2, 0) is 4.79 Å². The van der Waals surface area contributed by atoms with Gasteiger partial charge >= 0.3 is 0 Å². The van der Waals surface area contributed by atoms with E-state index in [2.05, 4.69) is 10.6 Å². The number of rotatable bonds is 7. The fourth-order valence-electron chi connectivity index (χ4n) is 3.16. The number of halogens is 1. The molecular weight excluding hydrogens is 310 g/mol. The molecule has 0 unspecified atom stereocenters. The van der Waals surface area contributed by atoms with Gasteiger partial charge in [0, 0.05) is 23.3 Å². The molecule has 1 aromatic carbocycles. The van der Waals surface area contributed by atoms with Crippen LogP contribution in [0.5, 0.6) is 0 Å². The fourth-order valence-corrected chi connectivity index (χ4v) is 3.35. The van der Waals surface area contributed by atoms with Gasteiger partial charge in [0.25, 0.3) is 0 Å². The Balaban J connectivity index is 1.70. The smallest absolute Gasteiger partial charge is 0.237 e. The number of benzene rings is 1. The molecule has 2 atom stereocenters. The van der Waals surface area contributed by atoms with Crippen LogP contribution >= 0.6 is 11.6 Å². The van der Waals surface area contributed by atoms with Crippen LogP contribution in [0.2, 0.25) is 5.02 Å². The maximum absolute atomic E-state index is 12.2. The summed E-state index contributed by atoms with van der Waals surface area (Å²) in [6.45, 7) is 2.62. The number of hydrogen-bond donors (Lipinski definition) is 3. The van der Waals surface area contributed by atoms with E-state index in [4.69, 9.17) is 17.3 Å². The molecular formula is C18H28ClN3O. The Hall–Kier alpha value is -1.26. The van der Waals surface area contributed by atoms with Crippen LogP contribution in [0.15, 0.2) is 24.3 Å². The lowest BCUT2D eigenvalue weighted by molar-refractivity contribution is -0.123. The minimum absolute atomic E-state index is 0.0129. The topological polar surface area (TPSA) is 67.1 Å². The molecule has 0 spiro atoms. The third-order valence-corrected chi connectivity index (χ3v) is 4.71. The van der Waals surface area contributed by atoms with E-state index in [1.807, 2.05) is 31.2 Å². The number of carbonyl (C=O) groups is 1. The molecule has 128 valence electrons. The molecule has 1 fully saturated rings. The predicted molar refractivity (Wildman–Crippen MR) is 96.7 cm³/mol. The molecule has 0 aliphatic heterocycles. The van der Waals surface area contributed by atoms with E-state index >= 15 is 0 Å². The van der Waals surface area contributed by atoms with Gasteiger partial charge in [0.1, 0.15) is 0 Å². The lowest BCUT2D eigenvalue weighted by Gasteiger charge is -2.25. The first-order valence-electron chi connectivity index (χ1n) is 8.60. The maximum atomic E-state index is 12.2. The molecule has 0 heterocycles. The van der Waals surface area contributed by atoms with Gasteiger partial charge in [-0.3, -0.25) is 4.79 Å². The Kier molecular flexibility index (Phi) is 7.18. The molecule has 0 radical (unpaired) electrons. The van der Waals surface area contributed by atoms with E-state index < -0.39 is 6.04 Å². The zero-order valence-electron chi connectivity index (χ0n) is 13.9. The van der Waals surface area contributed by atoms with E-state index in [1.165, 1.54) is 32.1 Å². The summed E-state index contributed by atoms with van der Waals surface area (Å²) in [5.41, 5.74) is 7.02. The number of amides is 1. The highest BCUT2D eigenvalue weighted by Crippen LogP contribution is 2.26. The average Bonchev–Trinajstić information content (AvgIpc) is 2.54.